The Morgan fingerprint density at radius 2 is 1.89 bits per heavy atom. The van der Waals surface area contributed by atoms with E-state index < -0.39 is 17.7 Å². The van der Waals surface area contributed by atoms with Crippen LogP contribution in [0.1, 0.15) is 22.8 Å². The summed E-state index contributed by atoms with van der Waals surface area (Å²) in [7, 11) is 0. The maximum Gasteiger partial charge on any atom is 0.132 e. The van der Waals surface area contributed by atoms with Crippen molar-refractivity contribution in [2.45, 2.75) is 12.5 Å². The van der Waals surface area contributed by atoms with E-state index in [0.717, 1.165) is 17.7 Å². The third-order valence-corrected chi connectivity index (χ3v) is 2.96. The highest BCUT2D eigenvalue weighted by atomic mass is 19.1. The molecule has 0 fully saturated rings. The molecule has 0 spiro atoms. The summed E-state index contributed by atoms with van der Waals surface area (Å²) in [6, 6.07) is 10.3. The van der Waals surface area contributed by atoms with Crippen LogP contribution in [0.5, 0.6) is 0 Å². The fourth-order valence-electron chi connectivity index (χ4n) is 1.99. The van der Waals surface area contributed by atoms with E-state index in [0.29, 0.717) is 18.5 Å². The molecule has 0 amide bonds. The van der Waals surface area contributed by atoms with Gasteiger partial charge in [0.2, 0.25) is 0 Å². The number of aliphatic hydroxyl groups is 1. The fourth-order valence-corrected chi connectivity index (χ4v) is 1.99. The molecule has 0 radical (unpaired) electrons. The summed E-state index contributed by atoms with van der Waals surface area (Å²) in [5.41, 5.74) is 7.08. The van der Waals surface area contributed by atoms with Crippen LogP contribution >= 0.6 is 0 Å². The molecule has 0 saturated heterocycles. The number of hydrogen-bond acceptors (Lipinski definition) is 2. The molecule has 2 nitrogen and oxygen atoms in total. The molecule has 4 heteroatoms. The Balaban J connectivity index is 2.32. The van der Waals surface area contributed by atoms with E-state index in [4.69, 9.17) is 5.73 Å². The molecule has 2 aromatic carbocycles. The van der Waals surface area contributed by atoms with Crippen molar-refractivity contribution < 1.29 is 13.9 Å². The van der Waals surface area contributed by atoms with Gasteiger partial charge in [-0.05, 0) is 30.2 Å². The van der Waals surface area contributed by atoms with Gasteiger partial charge in [-0.15, -0.1) is 0 Å². The predicted octanol–water partition coefficient (Wildman–Crippen LogP) is 2.55. The molecule has 3 N–H and O–H groups in total. The average molecular weight is 263 g/mol. The molecule has 19 heavy (non-hydrogen) atoms. The second kappa shape index (κ2) is 5.91. The van der Waals surface area contributed by atoms with Crippen molar-refractivity contribution in [3.05, 3.63) is 70.8 Å². The molecule has 0 heterocycles. The third kappa shape index (κ3) is 3.16. The number of rotatable bonds is 4. The first-order valence-electron chi connectivity index (χ1n) is 6.03. The standard InChI is InChI=1S/C15H15F2NO/c16-12-4-5-13(14(17)9-12)15(19)11-3-1-2-10(8-11)6-7-18/h1-5,8-9,15,19H,6-7,18H2. The highest BCUT2D eigenvalue weighted by Gasteiger charge is 2.15. The van der Waals surface area contributed by atoms with Gasteiger partial charge < -0.3 is 10.8 Å². The zero-order valence-corrected chi connectivity index (χ0v) is 10.3. The van der Waals surface area contributed by atoms with E-state index in [1.54, 1.807) is 18.2 Å². The largest absolute Gasteiger partial charge is 0.384 e. The molecule has 0 aliphatic rings. The van der Waals surface area contributed by atoms with Crippen molar-refractivity contribution in [2.75, 3.05) is 6.54 Å². The normalized spacial score (nSPS) is 12.4. The van der Waals surface area contributed by atoms with Crippen LogP contribution < -0.4 is 5.73 Å². The summed E-state index contributed by atoms with van der Waals surface area (Å²) in [4.78, 5) is 0. The van der Waals surface area contributed by atoms with Crippen molar-refractivity contribution in [1.82, 2.24) is 0 Å². The van der Waals surface area contributed by atoms with Crippen LogP contribution in [0, 0.1) is 11.6 Å². The highest BCUT2D eigenvalue weighted by molar-refractivity contribution is 5.33. The van der Waals surface area contributed by atoms with Crippen molar-refractivity contribution in [1.29, 1.82) is 0 Å². The van der Waals surface area contributed by atoms with Crippen LogP contribution in [0.15, 0.2) is 42.5 Å². The maximum atomic E-state index is 13.6. The van der Waals surface area contributed by atoms with E-state index in [1.165, 1.54) is 6.07 Å². The number of nitrogens with two attached hydrogens (primary N) is 1. The summed E-state index contributed by atoms with van der Waals surface area (Å²) in [5.74, 6) is -1.41. The smallest absolute Gasteiger partial charge is 0.132 e. The molecule has 100 valence electrons. The molecule has 1 unspecified atom stereocenters. The van der Waals surface area contributed by atoms with Gasteiger partial charge in [0.15, 0.2) is 0 Å². The van der Waals surface area contributed by atoms with Gasteiger partial charge in [0.1, 0.15) is 17.7 Å². The molecule has 0 aromatic heterocycles. The number of halogens is 2. The quantitative estimate of drug-likeness (QED) is 0.890. The van der Waals surface area contributed by atoms with Crippen LogP contribution in [0.25, 0.3) is 0 Å². The molecule has 1 atom stereocenters. The van der Waals surface area contributed by atoms with Gasteiger partial charge in [0, 0.05) is 11.6 Å². The van der Waals surface area contributed by atoms with Crippen LogP contribution in [-0.2, 0) is 6.42 Å². The Labute approximate surface area is 110 Å². The lowest BCUT2D eigenvalue weighted by atomic mass is 9.98. The number of benzene rings is 2. The zero-order valence-electron chi connectivity index (χ0n) is 10.3. The van der Waals surface area contributed by atoms with E-state index >= 15 is 0 Å². The summed E-state index contributed by atoms with van der Waals surface area (Å²) in [5, 5.41) is 10.2. The lowest BCUT2D eigenvalue weighted by Gasteiger charge is -2.13. The predicted molar refractivity (Wildman–Crippen MR) is 69.6 cm³/mol. The minimum absolute atomic E-state index is 0.0614. The Kier molecular flexibility index (Phi) is 4.24. The molecule has 0 aliphatic heterocycles. The second-order valence-corrected chi connectivity index (χ2v) is 4.35. The minimum atomic E-state index is -1.11. The van der Waals surface area contributed by atoms with Gasteiger partial charge in [-0.3, -0.25) is 0 Å². The summed E-state index contributed by atoms with van der Waals surface area (Å²) in [6.07, 6.45) is -0.426. The maximum absolute atomic E-state index is 13.6. The third-order valence-electron chi connectivity index (χ3n) is 2.96. The summed E-state index contributed by atoms with van der Waals surface area (Å²) in [6.45, 7) is 0.504. The Morgan fingerprint density at radius 3 is 2.58 bits per heavy atom. The van der Waals surface area contributed by atoms with Gasteiger partial charge in [-0.2, -0.15) is 0 Å². The fraction of sp³-hybridized carbons (Fsp3) is 0.200. The monoisotopic (exact) mass is 263 g/mol. The van der Waals surface area contributed by atoms with Crippen molar-refractivity contribution in [2.24, 2.45) is 5.73 Å². The van der Waals surface area contributed by atoms with Gasteiger partial charge in [0.25, 0.3) is 0 Å². The SMILES string of the molecule is NCCc1cccc(C(O)c2ccc(F)cc2F)c1. The van der Waals surface area contributed by atoms with Gasteiger partial charge in [-0.1, -0.05) is 30.3 Å². The molecule has 2 aromatic rings. The lowest BCUT2D eigenvalue weighted by Crippen LogP contribution is -2.06. The summed E-state index contributed by atoms with van der Waals surface area (Å²) >= 11 is 0. The second-order valence-electron chi connectivity index (χ2n) is 4.35. The molecule has 0 saturated carbocycles. The topological polar surface area (TPSA) is 46.2 Å². The van der Waals surface area contributed by atoms with Gasteiger partial charge in [0.05, 0.1) is 0 Å². The first kappa shape index (κ1) is 13.6. The first-order valence-corrected chi connectivity index (χ1v) is 6.03. The molecule has 0 aliphatic carbocycles. The van der Waals surface area contributed by atoms with E-state index in [2.05, 4.69) is 0 Å². The highest BCUT2D eigenvalue weighted by Crippen LogP contribution is 2.25. The number of aliphatic hydroxyl groups excluding tert-OH is 1. The Morgan fingerprint density at radius 1 is 1.11 bits per heavy atom. The molecular weight excluding hydrogens is 248 g/mol. The molecule has 0 bridgehead atoms. The van der Waals surface area contributed by atoms with Gasteiger partial charge in [-0.25, -0.2) is 8.78 Å². The van der Waals surface area contributed by atoms with E-state index in [9.17, 15) is 13.9 Å². The first-order chi connectivity index (χ1) is 9.11. The van der Waals surface area contributed by atoms with Crippen LogP contribution in [0.2, 0.25) is 0 Å². The lowest BCUT2D eigenvalue weighted by molar-refractivity contribution is 0.214. The van der Waals surface area contributed by atoms with Crippen molar-refractivity contribution in [3.8, 4) is 0 Å². The van der Waals surface area contributed by atoms with Crippen LogP contribution in [0.4, 0.5) is 8.78 Å². The van der Waals surface area contributed by atoms with Crippen molar-refractivity contribution in [3.63, 3.8) is 0 Å². The summed E-state index contributed by atoms with van der Waals surface area (Å²) < 4.78 is 26.5. The van der Waals surface area contributed by atoms with Crippen LogP contribution in [-0.4, -0.2) is 11.7 Å². The van der Waals surface area contributed by atoms with E-state index in [-0.39, 0.29) is 5.56 Å². The van der Waals surface area contributed by atoms with Gasteiger partial charge >= 0.3 is 0 Å². The average Bonchev–Trinajstić information content (AvgIpc) is 2.39. The molecule has 2 rings (SSSR count). The minimum Gasteiger partial charge on any atom is -0.384 e. The van der Waals surface area contributed by atoms with Crippen LogP contribution in [0.3, 0.4) is 0 Å². The number of hydrogen-bond donors (Lipinski definition) is 2. The zero-order chi connectivity index (χ0) is 13.8. The van der Waals surface area contributed by atoms with E-state index in [1.807, 2.05) is 6.07 Å². The Bertz CT molecular complexity index is 572. The van der Waals surface area contributed by atoms with Crippen molar-refractivity contribution >= 4 is 0 Å². The Hall–Kier alpha value is -1.78. The molecular formula is C15H15F2NO.